The number of methoxy groups -OCH3 is 1. The van der Waals surface area contributed by atoms with Crippen LogP contribution in [0.25, 0.3) is 0 Å². The van der Waals surface area contributed by atoms with Crippen LogP contribution >= 0.6 is 0 Å². The predicted octanol–water partition coefficient (Wildman–Crippen LogP) is 4.03. The molecule has 2 fully saturated rings. The lowest BCUT2D eigenvalue weighted by Crippen LogP contribution is -2.56. The molecule has 2 aromatic carbocycles. The summed E-state index contributed by atoms with van der Waals surface area (Å²) in [6.45, 7) is 2.88. The number of hydrogen-bond donors (Lipinski definition) is 0. The minimum absolute atomic E-state index is 0.197. The molecule has 0 spiro atoms. The number of fused-ring (bicyclic) bond motifs is 1. The van der Waals surface area contributed by atoms with E-state index in [-0.39, 0.29) is 23.6 Å². The van der Waals surface area contributed by atoms with E-state index in [2.05, 4.69) is 4.90 Å². The zero-order valence-corrected chi connectivity index (χ0v) is 17.3. The van der Waals surface area contributed by atoms with Crippen LogP contribution in [0.15, 0.2) is 42.5 Å². The van der Waals surface area contributed by atoms with Gasteiger partial charge in [0.1, 0.15) is 17.4 Å². The first-order chi connectivity index (χ1) is 14.5. The number of ether oxygens (including phenoxy) is 1. The predicted molar refractivity (Wildman–Crippen MR) is 111 cm³/mol. The molecule has 2 atom stereocenters. The van der Waals surface area contributed by atoms with Gasteiger partial charge >= 0.3 is 0 Å². The lowest BCUT2D eigenvalue weighted by atomic mass is 9.83. The fourth-order valence-corrected chi connectivity index (χ4v) is 4.83. The van der Waals surface area contributed by atoms with Crippen molar-refractivity contribution in [3.8, 4) is 5.75 Å². The second-order valence-corrected chi connectivity index (χ2v) is 8.31. The van der Waals surface area contributed by atoms with E-state index in [0.29, 0.717) is 43.2 Å². The summed E-state index contributed by atoms with van der Waals surface area (Å²) in [5.74, 6) is 0.628. The maximum atomic E-state index is 14.3. The molecule has 6 heteroatoms. The lowest BCUT2D eigenvalue weighted by Gasteiger charge is -2.47. The summed E-state index contributed by atoms with van der Waals surface area (Å²) >= 11 is 0. The molecule has 160 valence electrons. The molecule has 0 aromatic heterocycles. The Bertz CT molecular complexity index is 905. The second-order valence-electron chi connectivity index (χ2n) is 8.31. The molecule has 30 heavy (non-hydrogen) atoms. The van der Waals surface area contributed by atoms with E-state index in [1.807, 2.05) is 11.0 Å². The van der Waals surface area contributed by atoms with E-state index in [1.165, 1.54) is 25.3 Å². The molecule has 0 radical (unpaired) electrons. The van der Waals surface area contributed by atoms with Crippen LogP contribution in [0, 0.1) is 17.6 Å². The maximum absolute atomic E-state index is 14.3. The molecule has 0 N–H and O–H groups in total. The van der Waals surface area contributed by atoms with Crippen molar-refractivity contribution in [3.05, 3.63) is 65.2 Å². The number of likely N-dealkylation sites (tertiary alicyclic amines) is 2. The molecule has 2 aliphatic heterocycles. The Kier molecular flexibility index (Phi) is 6.32. The molecule has 0 saturated carbocycles. The second kappa shape index (κ2) is 9.13. The third kappa shape index (κ3) is 4.64. The van der Waals surface area contributed by atoms with Crippen LogP contribution < -0.4 is 4.74 Å². The normalized spacial score (nSPS) is 22.1. The van der Waals surface area contributed by atoms with Crippen LogP contribution in [0.3, 0.4) is 0 Å². The first-order valence-electron chi connectivity index (χ1n) is 10.6. The van der Waals surface area contributed by atoms with Gasteiger partial charge in [0.05, 0.1) is 7.11 Å². The Morgan fingerprint density at radius 1 is 1.13 bits per heavy atom. The lowest BCUT2D eigenvalue weighted by molar-refractivity contribution is -0.141. The number of piperidine rings is 2. The smallest absolute Gasteiger partial charge is 0.222 e. The highest BCUT2D eigenvalue weighted by molar-refractivity contribution is 5.77. The summed E-state index contributed by atoms with van der Waals surface area (Å²) in [6.07, 6.45) is 2.97. The molecule has 2 aliphatic rings. The SMILES string of the molecule is COc1ccc(CN2CC[C@H]3[C@H](CCC(=O)N3CCc3cccc(F)c3)C2)c(F)c1. The molecule has 2 saturated heterocycles. The first kappa shape index (κ1) is 20.8. The number of nitrogens with zero attached hydrogens (tertiary/aromatic N) is 2. The summed E-state index contributed by atoms with van der Waals surface area (Å²) in [4.78, 5) is 16.9. The Hall–Kier alpha value is -2.47. The number of rotatable bonds is 6. The Morgan fingerprint density at radius 2 is 2.00 bits per heavy atom. The molecule has 0 unspecified atom stereocenters. The van der Waals surface area contributed by atoms with Crippen molar-refractivity contribution in [3.63, 3.8) is 0 Å². The molecule has 0 bridgehead atoms. The monoisotopic (exact) mass is 414 g/mol. The topological polar surface area (TPSA) is 32.8 Å². The van der Waals surface area contributed by atoms with Crippen molar-refractivity contribution >= 4 is 5.91 Å². The average Bonchev–Trinajstić information content (AvgIpc) is 2.74. The molecular weight excluding hydrogens is 386 g/mol. The minimum atomic E-state index is -0.244. The van der Waals surface area contributed by atoms with Gasteiger partial charge in [0.2, 0.25) is 5.91 Å². The molecule has 0 aliphatic carbocycles. The van der Waals surface area contributed by atoms with E-state index in [0.717, 1.165) is 31.5 Å². The number of benzene rings is 2. The Labute approximate surface area is 176 Å². The van der Waals surface area contributed by atoms with E-state index >= 15 is 0 Å². The van der Waals surface area contributed by atoms with Crippen LogP contribution in [0.5, 0.6) is 5.75 Å². The van der Waals surface area contributed by atoms with Gasteiger partial charge in [-0.3, -0.25) is 9.69 Å². The zero-order valence-electron chi connectivity index (χ0n) is 17.3. The molecule has 4 nitrogen and oxygen atoms in total. The minimum Gasteiger partial charge on any atom is -0.497 e. The summed E-state index contributed by atoms with van der Waals surface area (Å²) < 4.78 is 32.9. The van der Waals surface area contributed by atoms with E-state index in [4.69, 9.17) is 4.74 Å². The van der Waals surface area contributed by atoms with Gasteiger partial charge < -0.3 is 9.64 Å². The molecule has 2 heterocycles. The van der Waals surface area contributed by atoms with Gasteiger partial charge in [-0.2, -0.15) is 0 Å². The first-order valence-corrected chi connectivity index (χ1v) is 10.6. The van der Waals surface area contributed by atoms with Crippen molar-refractivity contribution in [1.29, 1.82) is 0 Å². The van der Waals surface area contributed by atoms with Crippen molar-refractivity contribution < 1.29 is 18.3 Å². The van der Waals surface area contributed by atoms with Crippen molar-refractivity contribution in [2.75, 3.05) is 26.7 Å². The number of amides is 1. The highest BCUT2D eigenvalue weighted by Gasteiger charge is 2.39. The highest BCUT2D eigenvalue weighted by atomic mass is 19.1. The average molecular weight is 414 g/mol. The standard InChI is InChI=1S/C24H28F2N2O2/c1-30-21-7-5-18(22(26)14-21)15-27-11-10-23-19(16-27)6-8-24(29)28(23)12-9-17-3-2-4-20(25)13-17/h2-5,7,13-14,19,23H,6,8-12,15-16H2,1H3/t19-,23+/m1/s1. The van der Waals surface area contributed by atoms with E-state index in [1.54, 1.807) is 18.2 Å². The van der Waals surface area contributed by atoms with Gasteiger partial charge in [-0.25, -0.2) is 8.78 Å². The molecular formula is C24H28F2N2O2. The fourth-order valence-electron chi connectivity index (χ4n) is 4.83. The van der Waals surface area contributed by atoms with Gasteiger partial charge in [0, 0.05) is 50.3 Å². The highest BCUT2D eigenvalue weighted by Crippen LogP contribution is 2.32. The van der Waals surface area contributed by atoms with Crippen LogP contribution in [0.2, 0.25) is 0 Å². The van der Waals surface area contributed by atoms with Crippen LogP contribution in [-0.2, 0) is 17.8 Å². The van der Waals surface area contributed by atoms with E-state index < -0.39 is 0 Å². The van der Waals surface area contributed by atoms with Crippen LogP contribution in [0.4, 0.5) is 8.78 Å². The number of hydrogen-bond acceptors (Lipinski definition) is 3. The van der Waals surface area contributed by atoms with Gasteiger partial charge in [-0.1, -0.05) is 18.2 Å². The van der Waals surface area contributed by atoms with Gasteiger partial charge in [0.25, 0.3) is 0 Å². The van der Waals surface area contributed by atoms with Gasteiger partial charge in [0.15, 0.2) is 0 Å². The summed E-state index contributed by atoms with van der Waals surface area (Å²) in [5, 5.41) is 0. The third-order valence-corrected chi connectivity index (χ3v) is 6.41. The Balaban J connectivity index is 1.38. The fraction of sp³-hybridized carbons (Fsp3) is 0.458. The number of carbonyl (C=O) groups is 1. The Morgan fingerprint density at radius 3 is 2.77 bits per heavy atom. The van der Waals surface area contributed by atoms with Gasteiger partial charge in [-0.05, 0) is 48.9 Å². The third-order valence-electron chi connectivity index (χ3n) is 6.41. The van der Waals surface area contributed by atoms with Crippen molar-refractivity contribution in [2.24, 2.45) is 5.92 Å². The summed E-state index contributed by atoms with van der Waals surface area (Å²) in [7, 11) is 1.53. The molecule has 2 aromatic rings. The number of carbonyl (C=O) groups excluding carboxylic acids is 1. The maximum Gasteiger partial charge on any atom is 0.222 e. The quantitative estimate of drug-likeness (QED) is 0.716. The van der Waals surface area contributed by atoms with Crippen molar-refractivity contribution in [1.82, 2.24) is 9.80 Å². The van der Waals surface area contributed by atoms with Crippen LogP contribution in [-0.4, -0.2) is 48.5 Å². The zero-order chi connectivity index (χ0) is 21.1. The van der Waals surface area contributed by atoms with E-state index in [9.17, 15) is 13.6 Å². The molecule has 4 rings (SSSR count). The van der Waals surface area contributed by atoms with Gasteiger partial charge in [-0.15, -0.1) is 0 Å². The largest absolute Gasteiger partial charge is 0.497 e. The molecule has 1 amide bonds. The summed E-state index contributed by atoms with van der Waals surface area (Å²) in [5.41, 5.74) is 1.58. The number of halogens is 2. The summed E-state index contributed by atoms with van der Waals surface area (Å²) in [6, 6.07) is 11.8. The van der Waals surface area contributed by atoms with Crippen LogP contribution in [0.1, 0.15) is 30.4 Å². The van der Waals surface area contributed by atoms with Crippen molar-refractivity contribution in [2.45, 2.75) is 38.3 Å².